The third-order valence-electron chi connectivity index (χ3n) is 5.62. The van der Waals surface area contributed by atoms with Gasteiger partial charge in [-0.05, 0) is 37.1 Å². The van der Waals surface area contributed by atoms with Crippen LogP contribution in [0.4, 0.5) is 11.5 Å². The number of hydrazone groups is 1. The van der Waals surface area contributed by atoms with Gasteiger partial charge in [0.2, 0.25) is 0 Å². The van der Waals surface area contributed by atoms with Crippen molar-refractivity contribution in [3.05, 3.63) is 81.2 Å². The predicted octanol–water partition coefficient (Wildman–Crippen LogP) is 5.17. The van der Waals surface area contributed by atoms with Crippen molar-refractivity contribution >= 4 is 57.4 Å². The lowest BCUT2D eigenvalue weighted by Crippen LogP contribution is -2.16. The third-order valence-corrected chi connectivity index (χ3v) is 6.13. The first-order valence-electron chi connectivity index (χ1n) is 9.93. The van der Waals surface area contributed by atoms with E-state index in [0.29, 0.717) is 33.7 Å². The van der Waals surface area contributed by atoms with Crippen molar-refractivity contribution < 1.29 is 4.79 Å². The second-order valence-corrected chi connectivity index (χ2v) is 8.38. The Morgan fingerprint density at radius 2 is 1.91 bits per heavy atom. The number of nitrogens with one attached hydrogen (secondary N) is 2. The van der Waals surface area contributed by atoms with Crippen molar-refractivity contribution in [2.24, 2.45) is 5.10 Å². The number of nitrogens with zero attached hydrogens (tertiary/aromatic N) is 4. The highest BCUT2D eigenvalue weighted by Gasteiger charge is 2.29. The van der Waals surface area contributed by atoms with E-state index in [4.69, 9.17) is 23.2 Å². The number of fused-ring (bicyclic) bond motifs is 2. The molecule has 2 aromatic carbocycles. The first-order valence-corrected chi connectivity index (χ1v) is 10.7. The Morgan fingerprint density at radius 1 is 1.12 bits per heavy atom. The van der Waals surface area contributed by atoms with E-state index in [1.807, 2.05) is 25.1 Å². The number of aromatic nitrogens is 3. The molecule has 0 bridgehead atoms. The number of carbonyl (C=O) groups is 1. The molecule has 0 atom stereocenters. The van der Waals surface area contributed by atoms with Gasteiger partial charge in [0, 0.05) is 17.3 Å². The Labute approximate surface area is 194 Å². The van der Waals surface area contributed by atoms with Gasteiger partial charge in [0.25, 0.3) is 5.91 Å². The van der Waals surface area contributed by atoms with Crippen molar-refractivity contribution in [1.29, 1.82) is 0 Å². The molecule has 0 saturated heterocycles. The first-order chi connectivity index (χ1) is 15.4. The van der Waals surface area contributed by atoms with Gasteiger partial charge in [-0.2, -0.15) is 5.10 Å². The second kappa shape index (κ2) is 7.93. The van der Waals surface area contributed by atoms with Gasteiger partial charge < -0.3 is 9.88 Å². The highest BCUT2D eigenvalue weighted by atomic mass is 35.5. The number of hydrogen-bond donors (Lipinski definition) is 2. The average molecular weight is 465 g/mol. The Kier molecular flexibility index (Phi) is 5.07. The van der Waals surface area contributed by atoms with E-state index in [-0.39, 0.29) is 11.6 Å². The summed E-state index contributed by atoms with van der Waals surface area (Å²) < 4.78 is 2.15. The lowest BCUT2D eigenvalue weighted by Gasteiger charge is -2.08. The molecule has 2 aromatic heterocycles. The SMILES string of the molecule is Cc1c(C)n(Cc2ccccc2)c2ncnc(N/N=C3\C(=O)Nc4cc(Cl)cc(Cl)c43)c12. The molecule has 5 rings (SSSR count). The highest BCUT2D eigenvalue weighted by Crippen LogP contribution is 2.34. The van der Waals surface area contributed by atoms with E-state index < -0.39 is 0 Å². The van der Waals surface area contributed by atoms with Gasteiger partial charge in [0.15, 0.2) is 11.5 Å². The molecule has 32 heavy (non-hydrogen) atoms. The zero-order chi connectivity index (χ0) is 22.4. The molecule has 2 N–H and O–H groups in total. The van der Waals surface area contributed by atoms with Crippen LogP contribution >= 0.6 is 23.2 Å². The van der Waals surface area contributed by atoms with Gasteiger partial charge in [-0.15, -0.1) is 0 Å². The zero-order valence-electron chi connectivity index (χ0n) is 17.3. The van der Waals surface area contributed by atoms with Crippen LogP contribution in [0.15, 0.2) is 53.9 Å². The van der Waals surface area contributed by atoms with Crippen LogP contribution in [0.5, 0.6) is 0 Å². The molecule has 0 aliphatic carbocycles. The highest BCUT2D eigenvalue weighted by molar-refractivity contribution is 6.57. The van der Waals surface area contributed by atoms with Crippen molar-refractivity contribution in [2.75, 3.05) is 10.7 Å². The topological polar surface area (TPSA) is 84.2 Å². The Balaban J connectivity index is 1.56. The summed E-state index contributed by atoms with van der Waals surface area (Å²) in [6, 6.07) is 13.4. The van der Waals surface area contributed by atoms with Gasteiger partial charge in [-0.1, -0.05) is 53.5 Å². The van der Waals surface area contributed by atoms with Gasteiger partial charge in [-0.25, -0.2) is 9.97 Å². The first kappa shape index (κ1) is 20.5. The number of aryl methyl sites for hydroxylation is 1. The molecular weight excluding hydrogens is 447 g/mol. The Bertz CT molecular complexity index is 1410. The molecule has 3 heterocycles. The van der Waals surface area contributed by atoms with Crippen molar-refractivity contribution in [3.8, 4) is 0 Å². The van der Waals surface area contributed by atoms with Crippen molar-refractivity contribution in [2.45, 2.75) is 20.4 Å². The molecular formula is C23H18Cl2N6O. The second-order valence-electron chi connectivity index (χ2n) is 7.54. The maximum absolute atomic E-state index is 12.5. The van der Waals surface area contributed by atoms with E-state index in [2.05, 4.69) is 49.4 Å². The molecule has 0 spiro atoms. The molecule has 1 aliphatic rings. The van der Waals surface area contributed by atoms with E-state index in [0.717, 1.165) is 22.3 Å². The van der Waals surface area contributed by atoms with Gasteiger partial charge in [0.05, 0.1) is 21.7 Å². The molecule has 1 amide bonds. The molecule has 0 unspecified atom stereocenters. The van der Waals surface area contributed by atoms with Crippen molar-refractivity contribution in [3.63, 3.8) is 0 Å². The van der Waals surface area contributed by atoms with Crippen LogP contribution in [0, 0.1) is 13.8 Å². The monoisotopic (exact) mass is 464 g/mol. The normalized spacial score (nSPS) is 14.1. The maximum Gasteiger partial charge on any atom is 0.276 e. The molecule has 0 fully saturated rings. The number of halogens is 2. The Morgan fingerprint density at radius 3 is 2.69 bits per heavy atom. The molecule has 160 valence electrons. The molecule has 7 nitrogen and oxygen atoms in total. The summed E-state index contributed by atoms with van der Waals surface area (Å²) in [6.45, 7) is 4.77. The maximum atomic E-state index is 12.5. The molecule has 9 heteroatoms. The molecule has 0 radical (unpaired) electrons. The average Bonchev–Trinajstić information content (AvgIpc) is 3.22. The van der Waals surface area contributed by atoms with E-state index >= 15 is 0 Å². The number of amides is 1. The number of benzene rings is 2. The van der Waals surface area contributed by atoms with Crippen LogP contribution in [0.3, 0.4) is 0 Å². The summed E-state index contributed by atoms with van der Waals surface area (Å²) >= 11 is 12.4. The van der Waals surface area contributed by atoms with Crippen LogP contribution in [-0.2, 0) is 11.3 Å². The van der Waals surface area contributed by atoms with Crippen LogP contribution in [0.2, 0.25) is 10.0 Å². The zero-order valence-corrected chi connectivity index (χ0v) is 18.8. The quantitative estimate of drug-likeness (QED) is 0.408. The van der Waals surface area contributed by atoms with Crippen LogP contribution in [0.1, 0.15) is 22.4 Å². The third kappa shape index (κ3) is 3.39. The summed E-state index contributed by atoms with van der Waals surface area (Å²) in [7, 11) is 0. The van der Waals surface area contributed by atoms with Gasteiger partial charge >= 0.3 is 0 Å². The molecule has 0 saturated carbocycles. The number of rotatable bonds is 4. The summed E-state index contributed by atoms with van der Waals surface area (Å²) in [5, 5.41) is 8.72. The minimum atomic E-state index is -0.364. The minimum absolute atomic E-state index is 0.173. The summed E-state index contributed by atoms with van der Waals surface area (Å²) in [5.41, 5.74) is 8.26. The van der Waals surface area contributed by atoms with E-state index in [1.165, 1.54) is 11.9 Å². The minimum Gasteiger partial charge on any atom is -0.325 e. The predicted molar refractivity (Wildman–Crippen MR) is 128 cm³/mol. The van der Waals surface area contributed by atoms with Crippen LogP contribution in [0.25, 0.3) is 11.0 Å². The number of hydrogen-bond acceptors (Lipinski definition) is 5. The fraction of sp³-hybridized carbons (Fsp3) is 0.130. The van der Waals surface area contributed by atoms with E-state index in [9.17, 15) is 4.79 Å². The summed E-state index contributed by atoms with van der Waals surface area (Å²) in [5.74, 6) is 0.151. The number of anilines is 2. The lowest BCUT2D eigenvalue weighted by atomic mass is 10.1. The van der Waals surface area contributed by atoms with Crippen LogP contribution in [-0.4, -0.2) is 26.2 Å². The summed E-state index contributed by atoms with van der Waals surface area (Å²) in [4.78, 5) is 21.4. The number of carbonyl (C=O) groups excluding carboxylic acids is 1. The van der Waals surface area contributed by atoms with Gasteiger partial charge in [-0.3, -0.25) is 10.2 Å². The van der Waals surface area contributed by atoms with Crippen molar-refractivity contribution in [1.82, 2.24) is 14.5 Å². The van der Waals surface area contributed by atoms with Crippen LogP contribution < -0.4 is 10.7 Å². The van der Waals surface area contributed by atoms with E-state index in [1.54, 1.807) is 12.1 Å². The molecule has 4 aromatic rings. The van der Waals surface area contributed by atoms with Gasteiger partial charge in [0.1, 0.15) is 12.0 Å². The largest absolute Gasteiger partial charge is 0.325 e. The fourth-order valence-electron chi connectivity index (χ4n) is 3.94. The Hall–Kier alpha value is -3.42. The fourth-order valence-corrected chi connectivity index (χ4v) is 4.52. The summed E-state index contributed by atoms with van der Waals surface area (Å²) in [6.07, 6.45) is 1.49. The lowest BCUT2D eigenvalue weighted by molar-refractivity contribution is -0.110. The standard InChI is InChI=1S/C23H18Cl2N6O/c1-12-13(2)31(10-14-6-4-3-5-7-14)22-18(12)21(26-11-27-22)30-29-20-19-16(25)8-15(24)9-17(19)28-23(20)32/h3-9,11H,10H2,1-2H3,(H,26,27,30)(H,28,29,32). The smallest absolute Gasteiger partial charge is 0.276 e. The molecule has 1 aliphatic heterocycles.